The van der Waals surface area contributed by atoms with E-state index in [0.29, 0.717) is 17.0 Å². The summed E-state index contributed by atoms with van der Waals surface area (Å²) in [5.74, 6) is -0.195. The first-order valence-electron chi connectivity index (χ1n) is 7.54. The van der Waals surface area contributed by atoms with Gasteiger partial charge in [-0.2, -0.15) is 9.67 Å². The van der Waals surface area contributed by atoms with Crippen LogP contribution in [0.15, 0.2) is 42.7 Å². The van der Waals surface area contributed by atoms with Crippen LogP contribution in [0, 0.1) is 0 Å². The predicted octanol–water partition coefficient (Wildman–Crippen LogP) is 1.42. The van der Waals surface area contributed by atoms with Crippen LogP contribution in [-0.4, -0.2) is 41.4 Å². The van der Waals surface area contributed by atoms with Crippen molar-refractivity contribution in [2.45, 2.75) is 13.0 Å². The molecule has 9 nitrogen and oxygen atoms in total. The summed E-state index contributed by atoms with van der Waals surface area (Å²) in [6.45, 7) is 1.69. The Kier molecular flexibility index (Phi) is 4.39. The number of carbonyl (C=O) groups excluding carboxylic acids is 2. The van der Waals surface area contributed by atoms with Crippen LogP contribution in [0.3, 0.4) is 0 Å². The molecule has 0 fully saturated rings. The molecule has 3 heterocycles. The smallest absolute Gasteiger partial charge is 0.262 e. The van der Waals surface area contributed by atoms with Crippen molar-refractivity contribution >= 4 is 30.2 Å². The van der Waals surface area contributed by atoms with E-state index in [1.165, 1.54) is 4.68 Å². The Morgan fingerprint density at radius 1 is 1.00 bits per heavy atom. The predicted molar refractivity (Wildman–Crippen MR) is 94.0 cm³/mol. The number of nitrogens with zero attached hydrogens (tertiary/aromatic N) is 6. The molecule has 4 rings (SSSR count). The molecule has 2 amide bonds. The zero-order valence-electron chi connectivity index (χ0n) is 13.6. The molecule has 2 N–H and O–H groups in total. The summed E-state index contributed by atoms with van der Waals surface area (Å²) in [7, 11) is 0. The van der Waals surface area contributed by atoms with Gasteiger partial charge in [0.05, 0.1) is 17.2 Å². The van der Waals surface area contributed by atoms with Gasteiger partial charge in [0, 0.05) is 12.4 Å². The molecule has 1 aliphatic rings. The van der Waals surface area contributed by atoms with Crippen LogP contribution in [-0.2, 0) is 0 Å². The van der Waals surface area contributed by atoms with Crippen LogP contribution in [0.4, 0.5) is 5.95 Å². The summed E-state index contributed by atoms with van der Waals surface area (Å²) in [4.78, 5) is 38.9. The van der Waals surface area contributed by atoms with Gasteiger partial charge in [-0.1, -0.05) is 12.1 Å². The second-order valence-electron chi connectivity index (χ2n) is 5.49. The number of hydrogen-bond donors (Lipinski definition) is 1. The molecule has 1 aliphatic heterocycles. The molecule has 0 spiro atoms. The summed E-state index contributed by atoms with van der Waals surface area (Å²) in [5.41, 5.74) is 6.46. The third-order valence-corrected chi connectivity index (χ3v) is 3.98. The lowest BCUT2D eigenvalue weighted by Gasteiger charge is -2.21. The number of amides is 2. The maximum absolute atomic E-state index is 12.7. The zero-order chi connectivity index (χ0) is 17.6. The first-order chi connectivity index (χ1) is 12.1. The standard InChI is InChI=1S/C16H13N7O2.ClH/c1-9(22-13(24)10-5-2-3-6-11(10)14(22)25)12-20-15(17)21-23(12)16-18-7-4-8-19-16;/h2-9H,1H3,(H2,17,21);1H. The van der Waals surface area contributed by atoms with Crippen LogP contribution in [0.1, 0.15) is 39.5 Å². The van der Waals surface area contributed by atoms with E-state index in [9.17, 15) is 9.59 Å². The highest BCUT2D eigenvalue weighted by Gasteiger charge is 2.40. The van der Waals surface area contributed by atoms with Gasteiger partial charge in [0.2, 0.25) is 5.95 Å². The van der Waals surface area contributed by atoms with Gasteiger partial charge in [0.25, 0.3) is 17.8 Å². The minimum Gasteiger partial charge on any atom is -0.366 e. The Morgan fingerprint density at radius 2 is 1.58 bits per heavy atom. The highest BCUT2D eigenvalue weighted by atomic mass is 35.5. The fourth-order valence-corrected chi connectivity index (χ4v) is 2.83. The van der Waals surface area contributed by atoms with Crippen molar-refractivity contribution in [2.75, 3.05) is 5.73 Å². The molecule has 3 aromatic rings. The number of anilines is 1. The van der Waals surface area contributed by atoms with Gasteiger partial charge in [-0.25, -0.2) is 9.97 Å². The molecule has 1 unspecified atom stereocenters. The van der Waals surface area contributed by atoms with Gasteiger partial charge in [-0.05, 0) is 25.1 Å². The third kappa shape index (κ3) is 2.58. The maximum Gasteiger partial charge on any atom is 0.262 e. The van der Waals surface area contributed by atoms with Crippen molar-refractivity contribution in [3.8, 4) is 5.95 Å². The van der Waals surface area contributed by atoms with E-state index in [-0.39, 0.29) is 36.1 Å². The third-order valence-electron chi connectivity index (χ3n) is 3.98. The molecule has 0 saturated heterocycles. The van der Waals surface area contributed by atoms with Crippen molar-refractivity contribution in [3.05, 3.63) is 59.7 Å². The molecule has 2 aromatic heterocycles. The molecule has 0 radical (unpaired) electrons. The average molecular weight is 372 g/mol. The largest absolute Gasteiger partial charge is 0.366 e. The Hall–Kier alpha value is -3.33. The van der Waals surface area contributed by atoms with Crippen LogP contribution in [0.25, 0.3) is 5.95 Å². The summed E-state index contributed by atoms with van der Waals surface area (Å²) < 4.78 is 1.34. The molecule has 132 valence electrons. The number of rotatable bonds is 3. The Labute approximate surface area is 154 Å². The van der Waals surface area contributed by atoms with Gasteiger partial charge in [-0.3, -0.25) is 14.5 Å². The quantitative estimate of drug-likeness (QED) is 0.691. The molecular weight excluding hydrogens is 358 g/mol. The van der Waals surface area contributed by atoms with Crippen molar-refractivity contribution in [1.82, 2.24) is 29.6 Å². The van der Waals surface area contributed by atoms with E-state index >= 15 is 0 Å². The van der Waals surface area contributed by atoms with Gasteiger partial charge < -0.3 is 5.73 Å². The lowest BCUT2D eigenvalue weighted by Crippen LogP contribution is -2.34. The number of halogens is 1. The lowest BCUT2D eigenvalue weighted by molar-refractivity contribution is 0.0587. The number of carbonyl (C=O) groups is 2. The van der Waals surface area contributed by atoms with Crippen molar-refractivity contribution in [1.29, 1.82) is 0 Å². The van der Waals surface area contributed by atoms with Gasteiger partial charge in [0.15, 0.2) is 5.82 Å². The summed E-state index contributed by atoms with van der Waals surface area (Å²) >= 11 is 0. The highest BCUT2D eigenvalue weighted by molar-refractivity contribution is 6.21. The minimum atomic E-state index is -0.694. The lowest BCUT2D eigenvalue weighted by atomic mass is 10.1. The summed E-state index contributed by atoms with van der Waals surface area (Å²) in [6, 6.07) is 7.66. The number of imide groups is 1. The molecule has 26 heavy (non-hydrogen) atoms. The maximum atomic E-state index is 12.7. The summed E-state index contributed by atoms with van der Waals surface area (Å²) in [6.07, 6.45) is 3.10. The number of benzene rings is 1. The monoisotopic (exact) mass is 371 g/mol. The second kappa shape index (κ2) is 6.52. The normalized spacial score (nSPS) is 14.1. The average Bonchev–Trinajstić information content (AvgIpc) is 3.14. The second-order valence-corrected chi connectivity index (χ2v) is 5.49. The summed E-state index contributed by atoms with van der Waals surface area (Å²) in [5, 5.41) is 4.08. The molecule has 1 aromatic carbocycles. The van der Waals surface area contributed by atoms with Crippen LogP contribution >= 0.6 is 12.4 Å². The SMILES string of the molecule is CC(c1nc(N)nn1-c1ncccn1)N1C(=O)c2ccccc2C1=O.Cl. The van der Waals surface area contributed by atoms with Crippen LogP contribution in [0.2, 0.25) is 0 Å². The van der Waals surface area contributed by atoms with Crippen LogP contribution in [0.5, 0.6) is 0 Å². The molecule has 1 atom stereocenters. The first-order valence-corrected chi connectivity index (χ1v) is 7.54. The zero-order valence-corrected chi connectivity index (χ0v) is 14.4. The van der Waals surface area contributed by atoms with Gasteiger partial charge in [0.1, 0.15) is 0 Å². The van der Waals surface area contributed by atoms with E-state index in [2.05, 4.69) is 20.1 Å². The van der Waals surface area contributed by atoms with Gasteiger partial charge >= 0.3 is 0 Å². The fourth-order valence-electron chi connectivity index (χ4n) is 2.83. The van der Waals surface area contributed by atoms with Crippen molar-refractivity contribution in [2.24, 2.45) is 0 Å². The Bertz CT molecular complexity index is 954. The van der Waals surface area contributed by atoms with Crippen molar-refractivity contribution < 1.29 is 9.59 Å². The minimum absolute atomic E-state index is 0. The molecule has 0 saturated carbocycles. The number of hydrogen-bond acceptors (Lipinski definition) is 7. The number of aromatic nitrogens is 5. The highest BCUT2D eigenvalue weighted by Crippen LogP contribution is 2.31. The number of nitrogen functional groups attached to an aromatic ring is 1. The molecule has 0 aliphatic carbocycles. The molecular formula is C16H14ClN7O2. The van der Waals surface area contributed by atoms with Crippen LogP contribution < -0.4 is 5.73 Å². The molecule has 0 bridgehead atoms. The number of fused-ring (bicyclic) bond motifs is 1. The Morgan fingerprint density at radius 3 is 2.15 bits per heavy atom. The van der Waals surface area contributed by atoms with Crippen molar-refractivity contribution in [3.63, 3.8) is 0 Å². The Balaban J connectivity index is 0.00000196. The van der Waals surface area contributed by atoms with Gasteiger partial charge in [-0.15, -0.1) is 17.5 Å². The number of nitrogens with two attached hydrogens (primary N) is 1. The van der Waals surface area contributed by atoms with E-state index in [0.717, 1.165) is 4.90 Å². The fraction of sp³-hybridized carbons (Fsp3) is 0.125. The van der Waals surface area contributed by atoms with E-state index in [1.807, 2.05) is 0 Å². The van der Waals surface area contributed by atoms with E-state index < -0.39 is 6.04 Å². The topological polar surface area (TPSA) is 120 Å². The molecule has 10 heteroatoms. The van der Waals surface area contributed by atoms with E-state index in [4.69, 9.17) is 5.73 Å². The van der Waals surface area contributed by atoms with E-state index in [1.54, 1.807) is 49.6 Å². The first kappa shape index (κ1) is 17.5.